The molecule has 1 aliphatic carbocycles. The molecule has 0 bridgehead atoms. The second-order valence-corrected chi connectivity index (χ2v) is 6.18. The highest BCUT2D eigenvalue weighted by Crippen LogP contribution is 2.35. The van der Waals surface area contributed by atoms with Crippen LogP contribution in [0.3, 0.4) is 0 Å². The Balaban J connectivity index is 1.78. The molecule has 2 fully saturated rings. The highest BCUT2D eigenvalue weighted by molar-refractivity contribution is 6.32. The van der Waals surface area contributed by atoms with E-state index >= 15 is 0 Å². The van der Waals surface area contributed by atoms with E-state index in [0.717, 1.165) is 45.1 Å². The number of hydrogen-bond donors (Lipinski definition) is 1. The fraction of sp³-hybridized carbons (Fsp3) is 0.667. The quantitative estimate of drug-likeness (QED) is 0.912. The van der Waals surface area contributed by atoms with Gasteiger partial charge in [0.05, 0.1) is 17.9 Å². The molecule has 0 spiro atoms. The van der Waals surface area contributed by atoms with E-state index in [1.54, 1.807) is 6.07 Å². The summed E-state index contributed by atoms with van der Waals surface area (Å²) >= 11 is 5.91. The van der Waals surface area contributed by atoms with E-state index in [1.165, 1.54) is 6.26 Å². The molecule has 1 aromatic heterocycles. The van der Waals surface area contributed by atoms with Crippen molar-refractivity contribution in [3.8, 4) is 0 Å². The minimum atomic E-state index is -0.276. The number of rotatable bonds is 2. The van der Waals surface area contributed by atoms with E-state index < -0.39 is 0 Å². The molecule has 3 rings (SSSR count). The summed E-state index contributed by atoms with van der Waals surface area (Å²) in [7, 11) is 0. The van der Waals surface area contributed by atoms with Gasteiger partial charge in [0, 0.05) is 18.5 Å². The SMILES string of the molecule is O=C(c1ccoc1Cl)N1CCCC1C1CCCCC1O. The van der Waals surface area contributed by atoms with Crippen molar-refractivity contribution in [1.82, 2.24) is 4.90 Å². The zero-order chi connectivity index (χ0) is 14.1. The van der Waals surface area contributed by atoms with Gasteiger partial charge in [0.2, 0.25) is 5.22 Å². The van der Waals surface area contributed by atoms with Gasteiger partial charge in [-0.05, 0) is 43.4 Å². The van der Waals surface area contributed by atoms with E-state index in [4.69, 9.17) is 16.0 Å². The number of carbonyl (C=O) groups excluding carboxylic acids is 1. The topological polar surface area (TPSA) is 53.7 Å². The first-order chi connectivity index (χ1) is 9.68. The summed E-state index contributed by atoms with van der Waals surface area (Å²) in [5.41, 5.74) is 0.434. The summed E-state index contributed by atoms with van der Waals surface area (Å²) in [4.78, 5) is 14.5. The summed E-state index contributed by atoms with van der Waals surface area (Å²) in [6.07, 6.45) is 7.24. The maximum absolute atomic E-state index is 12.6. The van der Waals surface area contributed by atoms with Gasteiger partial charge in [0.15, 0.2) is 0 Å². The lowest BCUT2D eigenvalue weighted by atomic mass is 9.80. The van der Waals surface area contributed by atoms with E-state index in [0.29, 0.717) is 5.56 Å². The fourth-order valence-electron chi connectivity index (χ4n) is 3.68. The molecule has 20 heavy (non-hydrogen) atoms. The smallest absolute Gasteiger partial charge is 0.258 e. The maximum Gasteiger partial charge on any atom is 0.258 e. The van der Waals surface area contributed by atoms with Gasteiger partial charge in [0.1, 0.15) is 0 Å². The van der Waals surface area contributed by atoms with Gasteiger partial charge in [-0.2, -0.15) is 0 Å². The van der Waals surface area contributed by atoms with Crippen LogP contribution in [0.1, 0.15) is 48.9 Å². The monoisotopic (exact) mass is 297 g/mol. The molecule has 4 nitrogen and oxygen atoms in total. The van der Waals surface area contributed by atoms with E-state index in [9.17, 15) is 9.90 Å². The minimum Gasteiger partial charge on any atom is -0.452 e. The van der Waals surface area contributed by atoms with Gasteiger partial charge in [-0.3, -0.25) is 4.79 Å². The zero-order valence-corrected chi connectivity index (χ0v) is 12.2. The van der Waals surface area contributed by atoms with Crippen LogP contribution in [0.4, 0.5) is 0 Å². The molecule has 0 aromatic carbocycles. The molecule has 3 unspecified atom stereocenters. The molecule has 2 heterocycles. The van der Waals surface area contributed by atoms with Crippen molar-refractivity contribution in [3.05, 3.63) is 23.1 Å². The third-order valence-electron chi connectivity index (χ3n) is 4.68. The van der Waals surface area contributed by atoms with E-state index in [2.05, 4.69) is 0 Å². The number of likely N-dealkylation sites (tertiary alicyclic amines) is 1. The molecule has 1 aliphatic heterocycles. The summed E-state index contributed by atoms with van der Waals surface area (Å²) in [5, 5.41) is 10.4. The predicted octanol–water partition coefficient (Wildman–Crippen LogP) is 3.09. The number of aliphatic hydroxyl groups is 1. The van der Waals surface area contributed by atoms with Crippen molar-refractivity contribution < 1.29 is 14.3 Å². The summed E-state index contributed by atoms with van der Waals surface area (Å²) < 4.78 is 5.02. The Hall–Kier alpha value is -1.00. The minimum absolute atomic E-state index is 0.0657. The molecule has 2 aliphatic rings. The molecular formula is C15H20ClNO3. The Morgan fingerprint density at radius 3 is 2.80 bits per heavy atom. The standard InChI is InChI=1S/C15H20ClNO3/c16-14-11(7-9-20-14)15(19)17-8-3-5-12(17)10-4-1-2-6-13(10)18/h7,9-10,12-13,18H,1-6,8H2. The first-order valence-corrected chi connectivity index (χ1v) is 7.78. The largest absolute Gasteiger partial charge is 0.452 e. The van der Waals surface area contributed by atoms with Gasteiger partial charge in [-0.15, -0.1) is 0 Å². The van der Waals surface area contributed by atoms with Crippen LogP contribution in [0.5, 0.6) is 0 Å². The highest BCUT2D eigenvalue weighted by Gasteiger charge is 2.39. The highest BCUT2D eigenvalue weighted by atomic mass is 35.5. The number of carbonyl (C=O) groups is 1. The molecule has 1 N–H and O–H groups in total. The normalized spacial score (nSPS) is 30.7. The number of hydrogen-bond acceptors (Lipinski definition) is 3. The molecule has 5 heteroatoms. The second kappa shape index (κ2) is 5.78. The molecule has 1 saturated heterocycles. The Morgan fingerprint density at radius 1 is 1.30 bits per heavy atom. The number of furan rings is 1. The molecule has 1 aromatic rings. The number of nitrogens with zero attached hydrogens (tertiary/aromatic N) is 1. The third kappa shape index (κ3) is 2.47. The van der Waals surface area contributed by atoms with Crippen LogP contribution in [0.2, 0.25) is 5.22 Å². The van der Waals surface area contributed by atoms with Crippen molar-refractivity contribution >= 4 is 17.5 Å². The van der Waals surface area contributed by atoms with Crippen molar-refractivity contribution in [2.45, 2.75) is 50.7 Å². The van der Waals surface area contributed by atoms with Crippen LogP contribution in [0, 0.1) is 5.92 Å². The van der Waals surface area contributed by atoms with Gasteiger partial charge in [0.25, 0.3) is 5.91 Å². The average molecular weight is 298 g/mol. The van der Waals surface area contributed by atoms with Crippen LogP contribution in [-0.2, 0) is 0 Å². The fourth-order valence-corrected chi connectivity index (χ4v) is 3.87. The Morgan fingerprint density at radius 2 is 2.10 bits per heavy atom. The first-order valence-electron chi connectivity index (χ1n) is 7.40. The third-order valence-corrected chi connectivity index (χ3v) is 4.98. The molecule has 3 atom stereocenters. The van der Waals surface area contributed by atoms with Crippen LogP contribution >= 0.6 is 11.6 Å². The van der Waals surface area contributed by atoms with Crippen LogP contribution < -0.4 is 0 Å². The lowest BCUT2D eigenvalue weighted by molar-refractivity contribution is 0.0211. The molecule has 0 radical (unpaired) electrons. The second-order valence-electron chi connectivity index (χ2n) is 5.83. The molecular weight excluding hydrogens is 278 g/mol. The number of halogens is 1. The Kier molecular flexibility index (Phi) is 4.03. The summed E-state index contributed by atoms with van der Waals surface area (Å²) in [6.45, 7) is 0.744. The average Bonchev–Trinajstić information content (AvgIpc) is 3.07. The lowest BCUT2D eigenvalue weighted by Gasteiger charge is -2.37. The maximum atomic E-state index is 12.6. The van der Waals surface area contributed by atoms with Gasteiger partial charge < -0.3 is 14.4 Å². The van der Waals surface area contributed by atoms with E-state index in [1.807, 2.05) is 4.90 Å². The van der Waals surface area contributed by atoms with Crippen LogP contribution in [0.25, 0.3) is 0 Å². The lowest BCUT2D eigenvalue weighted by Crippen LogP contribution is -2.45. The molecule has 110 valence electrons. The Bertz CT molecular complexity index is 487. The van der Waals surface area contributed by atoms with Gasteiger partial charge in [-0.1, -0.05) is 12.8 Å². The Labute approximate surface area is 123 Å². The van der Waals surface area contributed by atoms with Crippen molar-refractivity contribution in [2.75, 3.05) is 6.54 Å². The van der Waals surface area contributed by atoms with Crippen LogP contribution in [0.15, 0.2) is 16.7 Å². The van der Waals surface area contributed by atoms with Crippen LogP contribution in [-0.4, -0.2) is 34.6 Å². The summed E-state index contributed by atoms with van der Waals surface area (Å²) in [6, 6.07) is 1.76. The van der Waals surface area contributed by atoms with Crippen molar-refractivity contribution in [2.24, 2.45) is 5.92 Å². The zero-order valence-electron chi connectivity index (χ0n) is 11.4. The summed E-state index contributed by atoms with van der Waals surface area (Å²) in [5.74, 6) is 0.143. The van der Waals surface area contributed by atoms with Crippen molar-refractivity contribution in [3.63, 3.8) is 0 Å². The van der Waals surface area contributed by atoms with Crippen molar-refractivity contribution in [1.29, 1.82) is 0 Å². The predicted molar refractivity (Wildman–Crippen MR) is 75.7 cm³/mol. The molecule has 1 amide bonds. The van der Waals surface area contributed by atoms with Gasteiger partial charge >= 0.3 is 0 Å². The first kappa shape index (κ1) is 14.0. The van der Waals surface area contributed by atoms with E-state index in [-0.39, 0.29) is 29.2 Å². The number of aliphatic hydroxyl groups excluding tert-OH is 1. The molecule has 1 saturated carbocycles. The number of amides is 1. The van der Waals surface area contributed by atoms with Gasteiger partial charge in [-0.25, -0.2) is 0 Å².